The van der Waals surface area contributed by atoms with Crippen LogP contribution >= 0.6 is 21.6 Å². The quantitative estimate of drug-likeness (QED) is 0.560. The number of rotatable bonds is 1. The molecular formula is C8H16S2. The van der Waals surface area contributed by atoms with Crippen molar-refractivity contribution in [3.05, 3.63) is 0 Å². The lowest BCUT2D eigenvalue weighted by molar-refractivity contribution is 0.528. The zero-order valence-corrected chi connectivity index (χ0v) is 8.81. The molecule has 0 bridgehead atoms. The van der Waals surface area contributed by atoms with E-state index in [-0.39, 0.29) is 0 Å². The van der Waals surface area contributed by atoms with Crippen LogP contribution in [0.25, 0.3) is 0 Å². The van der Waals surface area contributed by atoms with E-state index in [0.717, 1.165) is 11.2 Å². The molecular weight excluding hydrogens is 160 g/mol. The Hall–Kier alpha value is 0.700. The van der Waals surface area contributed by atoms with Crippen LogP contribution in [0.15, 0.2) is 0 Å². The van der Waals surface area contributed by atoms with E-state index in [1.54, 1.807) is 0 Å². The molecule has 1 atom stereocenters. The fourth-order valence-corrected chi connectivity index (χ4v) is 4.76. The van der Waals surface area contributed by atoms with Gasteiger partial charge in [-0.2, -0.15) is 0 Å². The molecule has 0 unspecified atom stereocenters. The van der Waals surface area contributed by atoms with Gasteiger partial charge in [-0.1, -0.05) is 35.4 Å². The minimum absolute atomic E-state index is 0.527. The zero-order chi connectivity index (χ0) is 7.78. The third kappa shape index (κ3) is 2.09. The Morgan fingerprint density at radius 3 is 2.20 bits per heavy atom. The van der Waals surface area contributed by atoms with E-state index >= 15 is 0 Å². The molecule has 1 fully saturated rings. The summed E-state index contributed by atoms with van der Waals surface area (Å²) in [5.74, 6) is 0.847. The van der Waals surface area contributed by atoms with Crippen molar-refractivity contribution in [2.75, 3.05) is 0 Å². The fourth-order valence-electron chi connectivity index (χ4n) is 1.09. The molecule has 1 aliphatic heterocycles. The van der Waals surface area contributed by atoms with Crippen LogP contribution in [0.5, 0.6) is 0 Å². The summed E-state index contributed by atoms with van der Waals surface area (Å²) in [5, 5.41) is 0.889. The van der Waals surface area contributed by atoms with Gasteiger partial charge in [-0.15, -0.1) is 0 Å². The van der Waals surface area contributed by atoms with E-state index in [0.29, 0.717) is 4.75 Å². The second kappa shape index (κ2) is 2.98. The second-order valence-electron chi connectivity index (χ2n) is 3.93. The molecule has 0 saturated carbocycles. The lowest BCUT2D eigenvalue weighted by atomic mass is 9.99. The molecule has 0 N–H and O–H groups in total. The summed E-state index contributed by atoms with van der Waals surface area (Å²) in [4.78, 5) is 0. The lowest BCUT2D eigenvalue weighted by Gasteiger charge is -2.15. The van der Waals surface area contributed by atoms with Gasteiger partial charge in [-0.3, -0.25) is 0 Å². The van der Waals surface area contributed by atoms with Gasteiger partial charge >= 0.3 is 0 Å². The van der Waals surface area contributed by atoms with Crippen LogP contribution in [-0.2, 0) is 0 Å². The summed E-state index contributed by atoms with van der Waals surface area (Å²) >= 11 is 0. The van der Waals surface area contributed by atoms with Gasteiger partial charge in [0, 0.05) is 10.00 Å². The largest absolute Gasteiger partial charge is 0.0899 e. The molecule has 0 aliphatic carbocycles. The van der Waals surface area contributed by atoms with E-state index < -0.39 is 0 Å². The Morgan fingerprint density at radius 1 is 1.40 bits per heavy atom. The van der Waals surface area contributed by atoms with Crippen molar-refractivity contribution >= 4 is 21.6 Å². The molecule has 0 spiro atoms. The van der Waals surface area contributed by atoms with Crippen LogP contribution in [0.1, 0.15) is 34.1 Å². The Balaban J connectivity index is 2.43. The molecule has 10 heavy (non-hydrogen) atoms. The van der Waals surface area contributed by atoms with Crippen molar-refractivity contribution < 1.29 is 0 Å². The summed E-state index contributed by atoms with van der Waals surface area (Å²) in [7, 11) is 4.13. The van der Waals surface area contributed by atoms with Crippen molar-refractivity contribution in [1.82, 2.24) is 0 Å². The molecule has 0 aromatic carbocycles. The van der Waals surface area contributed by atoms with E-state index in [2.05, 4.69) is 49.3 Å². The highest BCUT2D eigenvalue weighted by Crippen LogP contribution is 2.52. The van der Waals surface area contributed by atoms with Crippen molar-refractivity contribution in [2.45, 2.75) is 44.1 Å². The maximum atomic E-state index is 2.34. The number of hydrogen-bond acceptors (Lipinski definition) is 2. The lowest BCUT2D eigenvalue weighted by Crippen LogP contribution is -2.16. The van der Waals surface area contributed by atoms with Gasteiger partial charge in [0.05, 0.1) is 0 Å². The Kier molecular flexibility index (Phi) is 2.62. The Bertz CT molecular complexity index is 118. The minimum Gasteiger partial charge on any atom is -0.0899 e. The highest BCUT2D eigenvalue weighted by molar-refractivity contribution is 8.77. The van der Waals surface area contributed by atoms with E-state index in [1.807, 2.05) is 0 Å². The van der Waals surface area contributed by atoms with Crippen molar-refractivity contribution in [1.29, 1.82) is 0 Å². The molecule has 1 rings (SSSR count). The summed E-state index contributed by atoms with van der Waals surface area (Å²) in [6.07, 6.45) is 1.38. The number of hydrogen-bond donors (Lipinski definition) is 0. The van der Waals surface area contributed by atoms with Crippen LogP contribution < -0.4 is 0 Å². The third-order valence-electron chi connectivity index (χ3n) is 1.83. The molecule has 1 saturated heterocycles. The molecule has 60 valence electrons. The maximum absolute atomic E-state index is 2.34. The first-order valence-electron chi connectivity index (χ1n) is 3.86. The van der Waals surface area contributed by atoms with Crippen LogP contribution in [0.4, 0.5) is 0 Å². The molecule has 0 aromatic heterocycles. The van der Waals surface area contributed by atoms with Gasteiger partial charge in [-0.25, -0.2) is 0 Å². The maximum Gasteiger partial charge on any atom is 0.0218 e. The molecule has 0 amide bonds. The van der Waals surface area contributed by atoms with E-state index in [9.17, 15) is 0 Å². The van der Waals surface area contributed by atoms with Crippen molar-refractivity contribution in [2.24, 2.45) is 5.92 Å². The molecule has 2 heteroatoms. The first-order chi connectivity index (χ1) is 4.51. The predicted octanol–water partition coefficient (Wildman–Crippen LogP) is 3.57. The first-order valence-corrected chi connectivity index (χ1v) is 6.07. The standard InChI is InChI=1S/C8H16S2/c1-6(2)7-5-8(3,4)10-9-7/h6-7H,5H2,1-4H3/t7-/m0/s1. The summed E-state index contributed by atoms with van der Waals surface area (Å²) in [6.45, 7) is 9.32. The topological polar surface area (TPSA) is 0 Å². The fraction of sp³-hybridized carbons (Fsp3) is 1.00. The molecule has 0 nitrogen and oxygen atoms in total. The van der Waals surface area contributed by atoms with Gasteiger partial charge in [-0.05, 0) is 26.2 Å². The van der Waals surface area contributed by atoms with E-state index in [4.69, 9.17) is 0 Å². The van der Waals surface area contributed by atoms with Gasteiger partial charge < -0.3 is 0 Å². The summed E-state index contributed by atoms with van der Waals surface area (Å²) in [6, 6.07) is 0. The van der Waals surface area contributed by atoms with Crippen LogP contribution in [0.3, 0.4) is 0 Å². The Morgan fingerprint density at radius 2 is 2.00 bits per heavy atom. The Labute approximate surface area is 71.9 Å². The second-order valence-corrected chi connectivity index (χ2v) is 7.07. The minimum atomic E-state index is 0.527. The van der Waals surface area contributed by atoms with Gasteiger partial charge in [0.1, 0.15) is 0 Å². The van der Waals surface area contributed by atoms with Crippen molar-refractivity contribution in [3.8, 4) is 0 Å². The van der Waals surface area contributed by atoms with Crippen molar-refractivity contribution in [3.63, 3.8) is 0 Å². The smallest absolute Gasteiger partial charge is 0.0218 e. The van der Waals surface area contributed by atoms with E-state index in [1.165, 1.54) is 6.42 Å². The molecule has 1 heterocycles. The summed E-state index contributed by atoms with van der Waals surface area (Å²) < 4.78 is 0.527. The highest BCUT2D eigenvalue weighted by atomic mass is 33.1. The molecule has 0 radical (unpaired) electrons. The van der Waals surface area contributed by atoms with Gasteiger partial charge in [0.15, 0.2) is 0 Å². The SMILES string of the molecule is CC(C)[C@@H]1CC(C)(C)SS1. The van der Waals surface area contributed by atoms with Crippen LogP contribution in [0, 0.1) is 5.92 Å². The highest BCUT2D eigenvalue weighted by Gasteiger charge is 2.33. The predicted molar refractivity (Wildman–Crippen MR) is 52.5 cm³/mol. The van der Waals surface area contributed by atoms with Gasteiger partial charge in [0.25, 0.3) is 0 Å². The zero-order valence-electron chi connectivity index (χ0n) is 7.18. The summed E-state index contributed by atoms with van der Waals surface area (Å²) in [5.41, 5.74) is 0. The monoisotopic (exact) mass is 176 g/mol. The van der Waals surface area contributed by atoms with Crippen LogP contribution in [-0.4, -0.2) is 10.00 Å². The average molecular weight is 176 g/mol. The third-order valence-corrected chi connectivity index (χ3v) is 5.89. The molecule has 1 aliphatic rings. The van der Waals surface area contributed by atoms with Crippen LogP contribution in [0.2, 0.25) is 0 Å². The first kappa shape index (κ1) is 8.79. The molecule has 0 aromatic rings. The van der Waals surface area contributed by atoms with Gasteiger partial charge in [0.2, 0.25) is 0 Å². The average Bonchev–Trinajstić information content (AvgIpc) is 2.10. The normalized spacial score (nSPS) is 31.5.